The number of hydrogen-bond acceptors (Lipinski definition) is 8. The minimum Gasteiger partial charge on any atom is -0.497 e. The van der Waals surface area contributed by atoms with Gasteiger partial charge in [0.1, 0.15) is 24.7 Å². The van der Waals surface area contributed by atoms with Crippen LogP contribution in [0, 0.1) is 13.8 Å². The molecular weight excluding hydrogens is 607 g/mol. The first-order chi connectivity index (χ1) is 21.5. The lowest BCUT2D eigenvalue weighted by Gasteiger charge is -2.26. The monoisotopic (exact) mass is 637 g/mol. The fourth-order valence-corrected chi connectivity index (χ4v) is 9.08. The third-order valence-electron chi connectivity index (χ3n) is 7.66. The Morgan fingerprint density at radius 2 is 1.14 bits per heavy atom. The highest BCUT2D eigenvalue weighted by Gasteiger charge is 2.28. The lowest BCUT2D eigenvalue weighted by Crippen LogP contribution is -2.14. The third kappa shape index (κ3) is 5.23. The van der Waals surface area contributed by atoms with Gasteiger partial charge in [-0.1, -0.05) is 12.1 Å². The van der Waals surface area contributed by atoms with Gasteiger partial charge in [-0.05, 0) is 109 Å². The molecular formula is C36H31NO4S3. The molecule has 8 heteroatoms. The van der Waals surface area contributed by atoms with E-state index in [-0.39, 0.29) is 0 Å². The van der Waals surface area contributed by atoms with Crippen molar-refractivity contribution < 1.29 is 18.9 Å². The van der Waals surface area contributed by atoms with Gasteiger partial charge in [0.05, 0.1) is 28.9 Å². The molecule has 6 aromatic rings. The highest BCUT2D eigenvalue weighted by Crippen LogP contribution is 2.56. The van der Waals surface area contributed by atoms with Crippen molar-refractivity contribution in [2.45, 2.75) is 13.8 Å². The smallest absolute Gasteiger partial charge is 0.181 e. The highest BCUT2D eigenvalue weighted by atomic mass is 32.1. The van der Waals surface area contributed by atoms with Gasteiger partial charge >= 0.3 is 0 Å². The van der Waals surface area contributed by atoms with Gasteiger partial charge in [-0.3, -0.25) is 0 Å². The number of rotatable bonds is 8. The van der Waals surface area contributed by atoms with Crippen molar-refractivity contribution in [2.75, 3.05) is 32.3 Å². The van der Waals surface area contributed by atoms with Crippen LogP contribution in [-0.2, 0) is 0 Å². The van der Waals surface area contributed by atoms with Crippen molar-refractivity contribution in [2.24, 2.45) is 0 Å². The summed E-state index contributed by atoms with van der Waals surface area (Å²) in [6.07, 6.45) is 0. The van der Waals surface area contributed by atoms with Crippen molar-refractivity contribution in [3.05, 3.63) is 101 Å². The molecule has 1 aliphatic rings. The first-order valence-corrected chi connectivity index (χ1v) is 16.8. The molecule has 0 N–H and O–H groups in total. The molecule has 1 aliphatic heterocycles. The van der Waals surface area contributed by atoms with E-state index in [0.717, 1.165) is 55.4 Å². The summed E-state index contributed by atoms with van der Waals surface area (Å²) in [5.74, 6) is 3.33. The van der Waals surface area contributed by atoms with Crippen LogP contribution in [0.3, 0.4) is 0 Å². The average Bonchev–Trinajstić information content (AvgIpc) is 3.78. The van der Waals surface area contributed by atoms with E-state index in [2.05, 4.69) is 84.8 Å². The van der Waals surface area contributed by atoms with Crippen molar-refractivity contribution in [3.63, 3.8) is 0 Å². The second-order valence-corrected chi connectivity index (χ2v) is 13.4. The molecule has 7 rings (SSSR count). The van der Waals surface area contributed by atoms with Crippen LogP contribution in [0.4, 0.5) is 17.1 Å². The van der Waals surface area contributed by atoms with E-state index in [1.54, 1.807) is 36.9 Å². The van der Waals surface area contributed by atoms with Crippen molar-refractivity contribution >= 4 is 51.1 Å². The normalized spacial score (nSPS) is 12.3. The van der Waals surface area contributed by atoms with Gasteiger partial charge in [0.2, 0.25) is 0 Å². The number of anilines is 3. The first-order valence-electron chi connectivity index (χ1n) is 14.3. The molecule has 0 unspecified atom stereocenters. The predicted octanol–water partition coefficient (Wildman–Crippen LogP) is 10.7. The number of aryl methyl sites for hydroxylation is 2. The minimum atomic E-state index is 0.542. The zero-order chi connectivity index (χ0) is 30.2. The summed E-state index contributed by atoms with van der Waals surface area (Å²) in [5.41, 5.74) is 6.77. The molecule has 222 valence electrons. The molecule has 3 aromatic carbocycles. The number of hydrogen-bond donors (Lipinski definition) is 0. The molecule has 0 amide bonds. The molecule has 0 fully saturated rings. The zero-order valence-electron chi connectivity index (χ0n) is 24.9. The van der Waals surface area contributed by atoms with E-state index >= 15 is 0 Å². The van der Waals surface area contributed by atoms with Gasteiger partial charge in [0.25, 0.3) is 0 Å². The first kappa shape index (κ1) is 28.5. The quantitative estimate of drug-likeness (QED) is 0.166. The number of fused-ring (bicyclic) bond motifs is 1. The predicted molar refractivity (Wildman–Crippen MR) is 185 cm³/mol. The Labute approximate surface area is 269 Å². The van der Waals surface area contributed by atoms with Gasteiger partial charge in [0.15, 0.2) is 11.5 Å². The third-order valence-corrected chi connectivity index (χ3v) is 11.5. The molecule has 0 saturated carbocycles. The lowest BCUT2D eigenvalue weighted by molar-refractivity contribution is 0.175. The Kier molecular flexibility index (Phi) is 7.80. The summed E-state index contributed by atoms with van der Waals surface area (Å²) in [7, 11) is 3.36. The van der Waals surface area contributed by atoms with Crippen molar-refractivity contribution in [1.29, 1.82) is 0 Å². The summed E-state index contributed by atoms with van der Waals surface area (Å²) in [4.78, 5) is 8.32. The van der Waals surface area contributed by atoms with E-state index in [9.17, 15) is 0 Å². The maximum Gasteiger partial charge on any atom is 0.181 e. The molecule has 0 atom stereocenters. The van der Waals surface area contributed by atoms with E-state index in [1.165, 1.54) is 25.8 Å². The largest absolute Gasteiger partial charge is 0.497 e. The summed E-state index contributed by atoms with van der Waals surface area (Å²) in [5, 5.41) is 2.16. The maximum absolute atomic E-state index is 6.27. The SMILES string of the molecule is COc1ccc(N(c2ccc(OC)cc2)c2ccc(-c3sc(-c4sc(-c5sccc5C)cc4C)c4c3OCCO4)cc2)cc1. The standard InChI is InChI=1S/C36H31NO4S3/c1-22-17-20-42-33(22)30-21-23(2)34(43-30)36-32-31(40-18-19-41-32)35(44-36)24-5-7-25(8-6-24)37(26-9-13-28(38-3)14-10-26)27-11-15-29(39-4)16-12-27/h5-17,20-21H,18-19H2,1-4H3. The van der Waals surface area contributed by atoms with Crippen LogP contribution >= 0.6 is 34.0 Å². The molecule has 0 spiro atoms. The molecule has 0 aliphatic carbocycles. The van der Waals surface area contributed by atoms with Gasteiger partial charge in [-0.2, -0.15) is 0 Å². The van der Waals surface area contributed by atoms with Crippen LogP contribution in [0.1, 0.15) is 11.1 Å². The maximum atomic E-state index is 6.27. The molecule has 5 nitrogen and oxygen atoms in total. The van der Waals surface area contributed by atoms with Gasteiger partial charge in [0, 0.05) is 26.8 Å². The second-order valence-electron chi connectivity index (χ2n) is 10.4. The van der Waals surface area contributed by atoms with E-state index in [0.29, 0.717) is 13.2 Å². The highest BCUT2D eigenvalue weighted by molar-refractivity contribution is 7.27. The molecule has 3 aromatic heterocycles. The van der Waals surface area contributed by atoms with E-state index in [1.807, 2.05) is 35.6 Å². The number of ether oxygens (including phenoxy) is 4. The molecule has 44 heavy (non-hydrogen) atoms. The van der Waals surface area contributed by atoms with Crippen molar-refractivity contribution in [3.8, 4) is 52.9 Å². The molecule has 0 saturated heterocycles. The number of nitrogens with zero attached hydrogens (tertiary/aromatic N) is 1. The Morgan fingerprint density at radius 1 is 0.591 bits per heavy atom. The topological polar surface area (TPSA) is 40.2 Å². The fourth-order valence-electron chi connectivity index (χ4n) is 5.41. The summed E-state index contributed by atoms with van der Waals surface area (Å²) in [6, 6.07) is 29.3. The number of benzene rings is 3. The Hall–Kier alpha value is -4.24. The average molecular weight is 638 g/mol. The van der Waals surface area contributed by atoms with E-state index < -0.39 is 0 Å². The minimum absolute atomic E-state index is 0.542. The van der Waals surface area contributed by atoms with Crippen LogP contribution in [0.5, 0.6) is 23.0 Å². The summed E-state index contributed by atoms with van der Waals surface area (Å²) in [6.45, 7) is 5.46. The summed E-state index contributed by atoms with van der Waals surface area (Å²) >= 11 is 5.38. The molecule has 0 radical (unpaired) electrons. The Bertz CT molecular complexity index is 1850. The van der Waals surface area contributed by atoms with Crippen LogP contribution in [0.15, 0.2) is 90.3 Å². The van der Waals surface area contributed by atoms with Crippen LogP contribution in [0.2, 0.25) is 0 Å². The van der Waals surface area contributed by atoms with Crippen LogP contribution in [0.25, 0.3) is 29.9 Å². The fraction of sp³-hybridized carbons (Fsp3) is 0.167. The number of methoxy groups -OCH3 is 2. The number of thiophene rings is 3. The summed E-state index contributed by atoms with van der Waals surface area (Å²) < 4.78 is 23.4. The van der Waals surface area contributed by atoms with Crippen molar-refractivity contribution in [1.82, 2.24) is 0 Å². The Morgan fingerprint density at radius 3 is 1.66 bits per heavy atom. The van der Waals surface area contributed by atoms with Crippen LogP contribution in [-0.4, -0.2) is 27.4 Å². The lowest BCUT2D eigenvalue weighted by atomic mass is 10.1. The van der Waals surface area contributed by atoms with E-state index in [4.69, 9.17) is 18.9 Å². The Balaban J connectivity index is 1.27. The van der Waals surface area contributed by atoms with Crippen LogP contribution < -0.4 is 23.8 Å². The molecule has 0 bridgehead atoms. The molecule has 4 heterocycles. The van der Waals surface area contributed by atoms with Gasteiger partial charge in [-0.25, -0.2) is 0 Å². The van der Waals surface area contributed by atoms with Gasteiger partial charge in [-0.15, -0.1) is 34.0 Å². The zero-order valence-corrected chi connectivity index (χ0v) is 27.3. The second kappa shape index (κ2) is 12.0. The van der Waals surface area contributed by atoms with Gasteiger partial charge < -0.3 is 23.8 Å².